The predicted molar refractivity (Wildman–Crippen MR) is 104 cm³/mol. The first-order valence-electron chi connectivity index (χ1n) is 9.42. The number of anilines is 1. The summed E-state index contributed by atoms with van der Waals surface area (Å²) in [4.78, 5) is 20.8. The number of nitrogens with two attached hydrogens (primary N) is 1. The largest absolute Gasteiger partial charge is 0.480 e. The Morgan fingerprint density at radius 1 is 1.30 bits per heavy atom. The SMILES string of the molecule is Cc1ccc2cc(CN3CC[C@](N)(C(=O)O)C3)c(N3CCOCC3)nc2c1. The molecule has 144 valence electrons. The molecular weight excluding hydrogens is 344 g/mol. The Morgan fingerprint density at radius 2 is 2.07 bits per heavy atom. The number of hydrogen-bond acceptors (Lipinski definition) is 6. The summed E-state index contributed by atoms with van der Waals surface area (Å²) in [6.07, 6.45) is 0.468. The highest BCUT2D eigenvalue weighted by molar-refractivity contribution is 5.82. The van der Waals surface area contributed by atoms with E-state index in [2.05, 4.69) is 41.0 Å². The lowest BCUT2D eigenvalue weighted by Crippen LogP contribution is -2.50. The molecule has 0 unspecified atom stereocenters. The van der Waals surface area contributed by atoms with E-state index in [0.717, 1.165) is 35.4 Å². The molecule has 7 nitrogen and oxygen atoms in total. The van der Waals surface area contributed by atoms with Gasteiger partial charge in [0, 0.05) is 43.7 Å². The van der Waals surface area contributed by atoms with Gasteiger partial charge in [-0.15, -0.1) is 0 Å². The van der Waals surface area contributed by atoms with E-state index in [9.17, 15) is 9.90 Å². The molecule has 0 aliphatic carbocycles. The smallest absolute Gasteiger partial charge is 0.325 e. The van der Waals surface area contributed by atoms with Gasteiger partial charge in [0.2, 0.25) is 0 Å². The van der Waals surface area contributed by atoms with E-state index < -0.39 is 11.5 Å². The van der Waals surface area contributed by atoms with E-state index in [0.29, 0.717) is 39.3 Å². The van der Waals surface area contributed by atoms with E-state index in [1.807, 2.05) is 0 Å². The molecule has 3 N–H and O–H groups in total. The molecule has 1 aromatic carbocycles. The van der Waals surface area contributed by atoms with Crippen LogP contribution in [0.5, 0.6) is 0 Å². The van der Waals surface area contributed by atoms with Crippen LogP contribution < -0.4 is 10.6 Å². The number of likely N-dealkylation sites (tertiary alicyclic amines) is 1. The van der Waals surface area contributed by atoms with E-state index in [1.54, 1.807) is 0 Å². The van der Waals surface area contributed by atoms with Crippen molar-refractivity contribution in [2.45, 2.75) is 25.4 Å². The summed E-state index contributed by atoms with van der Waals surface area (Å²) in [6.45, 7) is 6.77. The maximum Gasteiger partial charge on any atom is 0.325 e. The number of carboxylic acids is 1. The molecule has 7 heteroatoms. The number of aryl methyl sites for hydroxylation is 1. The number of pyridine rings is 1. The predicted octanol–water partition coefficient (Wildman–Crippen LogP) is 1.37. The highest BCUT2D eigenvalue weighted by Gasteiger charge is 2.41. The Labute approximate surface area is 158 Å². The maximum absolute atomic E-state index is 11.5. The average molecular weight is 370 g/mol. The summed E-state index contributed by atoms with van der Waals surface area (Å²) in [6, 6.07) is 8.48. The van der Waals surface area contributed by atoms with Crippen molar-refractivity contribution < 1.29 is 14.6 Å². The van der Waals surface area contributed by atoms with Crippen molar-refractivity contribution in [2.24, 2.45) is 5.73 Å². The van der Waals surface area contributed by atoms with Gasteiger partial charge >= 0.3 is 5.97 Å². The molecule has 4 rings (SSSR count). The second-order valence-electron chi connectivity index (χ2n) is 7.69. The number of rotatable bonds is 4. The molecule has 0 saturated carbocycles. The van der Waals surface area contributed by atoms with Crippen LogP contribution >= 0.6 is 0 Å². The Kier molecular flexibility index (Phi) is 4.75. The average Bonchev–Trinajstić information content (AvgIpc) is 3.04. The minimum atomic E-state index is -1.15. The van der Waals surface area contributed by atoms with Gasteiger partial charge < -0.3 is 20.5 Å². The van der Waals surface area contributed by atoms with Gasteiger partial charge in [-0.25, -0.2) is 4.98 Å². The fourth-order valence-electron chi connectivity index (χ4n) is 3.94. The van der Waals surface area contributed by atoms with Gasteiger partial charge in [0.1, 0.15) is 11.4 Å². The van der Waals surface area contributed by atoms with Crippen LogP contribution in [0.4, 0.5) is 5.82 Å². The second kappa shape index (κ2) is 7.07. The molecule has 2 aliphatic heterocycles. The number of morpholine rings is 1. The van der Waals surface area contributed by atoms with Crippen LogP contribution in [0.3, 0.4) is 0 Å². The fourth-order valence-corrected chi connectivity index (χ4v) is 3.94. The van der Waals surface area contributed by atoms with Gasteiger partial charge in [-0.05, 0) is 31.0 Å². The lowest BCUT2D eigenvalue weighted by molar-refractivity contribution is -0.142. The zero-order chi connectivity index (χ0) is 19.0. The Bertz CT molecular complexity index is 866. The molecule has 1 atom stereocenters. The number of hydrogen-bond donors (Lipinski definition) is 2. The maximum atomic E-state index is 11.5. The summed E-state index contributed by atoms with van der Waals surface area (Å²) in [7, 11) is 0. The first kappa shape index (κ1) is 18.2. The lowest BCUT2D eigenvalue weighted by Gasteiger charge is -2.31. The summed E-state index contributed by atoms with van der Waals surface area (Å²) in [5.41, 5.74) is 8.18. The van der Waals surface area contributed by atoms with Gasteiger partial charge in [0.25, 0.3) is 0 Å². The van der Waals surface area contributed by atoms with Crippen molar-refractivity contribution in [1.82, 2.24) is 9.88 Å². The Hall–Kier alpha value is -2.22. The number of carbonyl (C=O) groups is 1. The Balaban J connectivity index is 1.67. The van der Waals surface area contributed by atoms with E-state index in [4.69, 9.17) is 15.5 Å². The normalized spacial score (nSPS) is 23.9. The first-order chi connectivity index (χ1) is 12.9. The van der Waals surface area contributed by atoms with Crippen LogP contribution in [0.2, 0.25) is 0 Å². The van der Waals surface area contributed by atoms with Gasteiger partial charge in [-0.1, -0.05) is 12.1 Å². The number of aliphatic carboxylic acids is 1. The minimum Gasteiger partial charge on any atom is -0.480 e. The number of fused-ring (bicyclic) bond motifs is 1. The van der Waals surface area contributed by atoms with Crippen LogP contribution in [0.15, 0.2) is 24.3 Å². The third-order valence-electron chi connectivity index (χ3n) is 5.54. The van der Waals surface area contributed by atoms with Crippen LogP contribution in [-0.2, 0) is 16.1 Å². The van der Waals surface area contributed by atoms with Crippen molar-refractivity contribution >= 4 is 22.7 Å². The fraction of sp³-hybridized carbons (Fsp3) is 0.500. The van der Waals surface area contributed by atoms with Gasteiger partial charge in [0.05, 0.1) is 18.7 Å². The summed E-state index contributed by atoms with van der Waals surface area (Å²) in [5, 5.41) is 10.5. The summed E-state index contributed by atoms with van der Waals surface area (Å²) < 4.78 is 5.49. The molecule has 1 aromatic heterocycles. The van der Waals surface area contributed by atoms with Gasteiger partial charge in [-0.3, -0.25) is 9.69 Å². The van der Waals surface area contributed by atoms with Crippen LogP contribution in [0, 0.1) is 6.92 Å². The molecule has 2 saturated heterocycles. The van der Waals surface area contributed by atoms with Gasteiger partial charge in [0.15, 0.2) is 0 Å². The molecule has 27 heavy (non-hydrogen) atoms. The van der Waals surface area contributed by atoms with E-state index >= 15 is 0 Å². The second-order valence-corrected chi connectivity index (χ2v) is 7.69. The van der Waals surface area contributed by atoms with Crippen LogP contribution in [0.25, 0.3) is 10.9 Å². The molecule has 0 amide bonds. The van der Waals surface area contributed by atoms with Crippen molar-refractivity contribution in [3.05, 3.63) is 35.4 Å². The number of ether oxygens (including phenoxy) is 1. The first-order valence-corrected chi connectivity index (χ1v) is 9.42. The minimum absolute atomic E-state index is 0.358. The molecule has 0 radical (unpaired) electrons. The number of carboxylic acid groups (broad SMARTS) is 1. The summed E-state index contributed by atoms with van der Waals surface area (Å²) >= 11 is 0. The van der Waals surface area contributed by atoms with Crippen molar-refractivity contribution in [2.75, 3.05) is 44.3 Å². The molecule has 0 bridgehead atoms. The Morgan fingerprint density at radius 3 is 2.78 bits per heavy atom. The number of aromatic nitrogens is 1. The third-order valence-corrected chi connectivity index (χ3v) is 5.54. The third kappa shape index (κ3) is 3.63. The highest BCUT2D eigenvalue weighted by atomic mass is 16.5. The zero-order valence-corrected chi connectivity index (χ0v) is 15.6. The summed E-state index contributed by atoms with van der Waals surface area (Å²) in [5.74, 6) is 0.0479. The lowest BCUT2D eigenvalue weighted by atomic mass is 10.0. The number of benzene rings is 1. The molecular formula is C20H26N4O3. The van der Waals surface area contributed by atoms with E-state index in [-0.39, 0.29) is 0 Å². The molecule has 0 spiro atoms. The molecule has 2 aliphatic rings. The molecule has 3 heterocycles. The quantitative estimate of drug-likeness (QED) is 0.840. The topological polar surface area (TPSA) is 91.9 Å². The standard InChI is InChI=1S/C20H26N4O3/c1-14-2-3-15-11-16(12-23-5-4-20(21,13-23)19(25)26)18(22-17(15)10-14)24-6-8-27-9-7-24/h2-3,10-11H,4-9,12-13,21H2,1H3,(H,25,26)/t20-/m1/s1. The van der Waals surface area contributed by atoms with Crippen molar-refractivity contribution in [1.29, 1.82) is 0 Å². The number of nitrogens with zero attached hydrogens (tertiary/aromatic N) is 3. The zero-order valence-electron chi connectivity index (χ0n) is 15.6. The van der Waals surface area contributed by atoms with Crippen LogP contribution in [-0.4, -0.2) is 65.9 Å². The van der Waals surface area contributed by atoms with E-state index in [1.165, 1.54) is 5.56 Å². The van der Waals surface area contributed by atoms with Crippen molar-refractivity contribution in [3.8, 4) is 0 Å². The molecule has 2 aromatic rings. The molecule has 2 fully saturated rings. The van der Waals surface area contributed by atoms with Crippen LogP contribution in [0.1, 0.15) is 17.5 Å². The highest BCUT2D eigenvalue weighted by Crippen LogP contribution is 2.29. The van der Waals surface area contributed by atoms with Crippen molar-refractivity contribution in [3.63, 3.8) is 0 Å². The monoisotopic (exact) mass is 370 g/mol. The van der Waals surface area contributed by atoms with Gasteiger partial charge in [-0.2, -0.15) is 0 Å².